The van der Waals surface area contributed by atoms with E-state index in [0.717, 1.165) is 31.4 Å². The van der Waals surface area contributed by atoms with Crippen molar-refractivity contribution in [2.75, 3.05) is 13.1 Å². The average molecular weight is 390 g/mol. The van der Waals surface area contributed by atoms with E-state index >= 15 is 0 Å². The second kappa shape index (κ2) is 8.99. The molecule has 1 atom stereocenters. The third kappa shape index (κ3) is 4.39. The van der Waals surface area contributed by atoms with E-state index in [9.17, 15) is 4.79 Å². The highest BCUT2D eigenvalue weighted by atomic mass is 35.5. The van der Waals surface area contributed by atoms with E-state index < -0.39 is 0 Å². The third-order valence-corrected chi connectivity index (χ3v) is 5.67. The summed E-state index contributed by atoms with van der Waals surface area (Å²) >= 11 is 1.79. The maximum Gasteiger partial charge on any atom is 0.239 e. The van der Waals surface area contributed by atoms with Gasteiger partial charge in [0.05, 0.1) is 21.3 Å². The lowest BCUT2D eigenvalue weighted by molar-refractivity contribution is -0.134. The molecular formula is C17H25Cl2N3OS. The van der Waals surface area contributed by atoms with Crippen LogP contribution in [0.25, 0.3) is 10.2 Å². The number of hydrogen-bond donors (Lipinski definition) is 1. The smallest absolute Gasteiger partial charge is 0.239 e. The first-order valence-corrected chi connectivity index (χ1v) is 8.77. The molecule has 1 aromatic heterocycles. The standard InChI is InChI=1S/C17H23N3OS.2ClH/c1-11(2)15(18)17(21)20-9-7-12(8-10-20)16-19-13-5-3-4-6-14(13)22-16;;/h3-6,11-12,15H,7-10,18H2,1-2H3;2*1H. The number of carbonyl (C=O) groups is 1. The number of nitrogens with zero attached hydrogens (tertiary/aromatic N) is 2. The van der Waals surface area contributed by atoms with Crippen molar-refractivity contribution in [3.63, 3.8) is 0 Å². The van der Waals surface area contributed by atoms with Crippen molar-refractivity contribution in [1.82, 2.24) is 9.88 Å². The fourth-order valence-corrected chi connectivity index (χ4v) is 4.04. The summed E-state index contributed by atoms with van der Waals surface area (Å²) in [6, 6.07) is 7.89. The van der Waals surface area contributed by atoms with Crippen LogP contribution in [0.3, 0.4) is 0 Å². The van der Waals surface area contributed by atoms with Crippen molar-refractivity contribution < 1.29 is 4.79 Å². The SMILES string of the molecule is CC(C)C(N)C(=O)N1CCC(c2nc3ccccc3s2)CC1.Cl.Cl. The molecule has 4 nitrogen and oxygen atoms in total. The molecule has 3 rings (SSSR count). The second-order valence-electron chi connectivity index (χ2n) is 6.39. The zero-order chi connectivity index (χ0) is 15.7. The number of halogens is 2. The van der Waals surface area contributed by atoms with Gasteiger partial charge in [0.15, 0.2) is 0 Å². The van der Waals surface area contributed by atoms with Crippen LogP contribution in [-0.4, -0.2) is 34.9 Å². The van der Waals surface area contributed by atoms with E-state index in [1.54, 1.807) is 11.3 Å². The molecule has 2 heterocycles. The van der Waals surface area contributed by atoms with Gasteiger partial charge in [-0.05, 0) is 30.9 Å². The molecule has 1 saturated heterocycles. The van der Waals surface area contributed by atoms with E-state index in [1.807, 2.05) is 24.8 Å². The number of para-hydroxylation sites is 1. The predicted molar refractivity (Wildman–Crippen MR) is 105 cm³/mol. The molecule has 1 amide bonds. The number of aromatic nitrogens is 1. The van der Waals surface area contributed by atoms with Crippen LogP contribution < -0.4 is 5.73 Å². The van der Waals surface area contributed by atoms with Crippen molar-refractivity contribution in [2.24, 2.45) is 11.7 Å². The minimum atomic E-state index is -0.376. The molecule has 0 spiro atoms. The Hall–Kier alpha value is -0.880. The normalized spacial score (nSPS) is 16.6. The van der Waals surface area contributed by atoms with Crippen molar-refractivity contribution >= 4 is 52.3 Å². The number of nitrogens with two attached hydrogens (primary N) is 1. The van der Waals surface area contributed by atoms with Gasteiger partial charge in [-0.2, -0.15) is 0 Å². The quantitative estimate of drug-likeness (QED) is 0.867. The first-order chi connectivity index (χ1) is 10.6. The van der Waals surface area contributed by atoms with Gasteiger partial charge < -0.3 is 10.6 Å². The highest BCUT2D eigenvalue weighted by Crippen LogP contribution is 2.33. The number of benzene rings is 1. The van der Waals surface area contributed by atoms with Gasteiger partial charge >= 0.3 is 0 Å². The summed E-state index contributed by atoms with van der Waals surface area (Å²) in [5, 5.41) is 1.21. The van der Waals surface area contributed by atoms with Crippen LogP contribution in [0, 0.1) is 5.92 Å². The van der Waals surface area contributed by atoms with Crippen LogP contribution in [0.4, 0.5) is 0 Å². The molecule has 1 aliphatic heterocycles. The number of hydrogen-bond acceptors (Lipinski definition) is 4. The van der Waals surface area contributed by atoms with E-state index in [2.05, 4.69) is 18.2 Å². The lowest BCUT2D eigenvalue weighted by atomic mass is 9.96. The van der Waals surface area contributed by atoms with E-state index in [-0.39, 0.29) is 42.7 Å². The Labute approximate surface area is 159 Å². The zero-order valence-corrected chi connectivity index (χ0v) is 16.4. The zero-order valence-electron chi connectivity index (χ0n) is 14.0. The Bertz CT molecular complexity index is 636. The number of thiazole rings is 1. The predicted octanol–water partition coefficient (Wildman–Crippen LogP) is 3.83. The largest absolute Gasteiger partial charge is 0.341 e. The van der Waals surface area contributed by atoms with Crippen molar-refractivity contribution in [3.8, 4) is 0 Å². The van der Waals surface area contributed by atoms with Gasteiger partial charge in [-0.25, -0.2) is 4.98 Å². The van der Waals surface area contributed by atoms with Crippen LogP contribution in [0.15, 0.2) is 24.3 Å². The van der Waals surface area contributed by atoms with Crippen LogP contribution >= 0.6 is 36.2 Å². The summed E-state index contributed by atoms with van der Waals surface area (Å²) in [6.07, 6.45) is 1.97. The van der Waals surface area contributed by atoms with E-state index in [0.29, 0.717) is 5.92 Å². The Morgan fingerprint density at radius 2 is 1.88 bits per heavy atom. The maximum absolute atomic E-state index is 12.3. The molecule has 2 N–H and O–H groups in total. The van der Waals surface area contributed by atoms with Gasteiger partial charge in [-0.1, -0.05) is 26.0 Å². The number of fused-ring (bicyclic) bond motifs is 1. The molecule has 2 aromatic rings. The lowest BCUT2D eigenvalue weighted by Crippen LogP contribution is -2.49. The molecule has 24 heavy (non-hydrogen) atoms. The molecule has 0 radical (unpaired) electrons. The summed E-state index contributed by atoms with van der Waals surface area (Å²) in [5.74, 6) is 0.754. The summed E-state index contributed by atoms with van der Waals surface area (Å²) in [6.45, 7) is 5.58. The van der Waals surface area contributed by atoms with Crippen molar-refractivity contribution in [1.29, 1.82) is 0 Å². The second-order valence-corrected chi connectivity index (χ2v) is 7.45. The fourth-order valence-electron chi connectivity index (χ4n) is 2.91. The Morgan fingerprint density at radius 1 is 1.25 bits per heavy atom. The number of amides is 1. The number of carbonyl (C=O) groups excluding carboxylic acids is 1. The summed E-state index contributed by atoms with van der Waals surface area (Å²) in [7, 11) is 0. The monoisotopic (exact) mass is 389 g/mol. The molecule has 0 bridgehead atoms. The molecule has 1 aromatic carbocycles. The van der Waals surface area contributed by atoms with Crippen molar-refractivity contribution in [2.45, 2.75) is 38.6 Å². The molecule has 7 heteroatoms. The number of likely N-dealkylation sites (tertiary alicyclic amines) is 1. The van der Waals surface area contributed by atoms with Gasteiger partial charge in [0.2, 0.25) is 5.91 Å². The minimum absolute atomic E-state index is 0. The summed E-state index contributed by atoms with van der Waals surface area (Å²) in [5.41, 5.74) is 7.07. The summed E-state index contributed by atoms with van der Waals surface area (Å²) in [4.78, 5) is 19.0. The van der Waals surface area contributed by atoms with Crippen LogP contribution in [0.5, 0.6) is 0 Å². The molecule has 0 saturated carbocycles. The minimum Gasteiger partial charge on any atom is -0.341 e. The number of rotatable bonds is 3. The third-order valence-electron chi connectivity index (χ3n) is 4.47. The van der Waals surface area contributed by atoms with Gasteiger partial charge in [-0.3, -0.25) is 4.79 Å². The van der Waals surface area contributed by atoms with E-state index in [1.165, 1.54) is 9.71 Å². The first-order valence-electron chi connectivity index (χ1n) is 7.96. The highest BCUT2D eigenvalue weighted by molar-refractivity contribution is 7.18. The Balaban J connectivity index is 0.00000144. The topological polar surface area (TPSA) is 59.2 Å². The van der Waals surface area contributed by atoms with Gasteiger partial charge in [-0.15, -0.1) is 36.2 Å². The molecule has 0 aliphatic carbocycles. The number of piperidine rings is 1. The molecular weight excluding hydrogens is 365 g/mol. The Kier molecular flexibility index (Phi) is 7.93. The molecule has 1 unspecified atom stereocenters. The van der Waals surface area contributed by atoms with Gasteiger partial charge in [0, 0.05) is 19.0 Å². The van der Waals surface area contributed by atoms with E-state index in [4.69, 9.17) is 10.7 Å². The fraction of sp³-hybridized carbons (Fsp3) is 0.529. The lowest BCUT2D eigenvalue weighted by Gasteiger charge is -2.33. The molecule has 1 aliphatic rings. The van der Waals surface area contributed by atoms with Crippen LogP contribution in [-0.2, 0) is 4.79 Å². The van der Waals surface area contributed by atoms with Crippen LogP contribution in [0.2, 0.25) is 0 Å². The van der Waals surface area contributed by atoms with Crippen LogP contribution in [0.1, 0.15) is 37.6 Å². The highest BCUT2D eigenvalue weighted by Gasteiger charge is 2.29. The average Bonchev–Trinajstić information content (AvgIpc) is 2.97. The molecule has 134 valence electrons. The Morgan fingerprint density at radius 3 is 2.46 bits per heavy atom. The van der Waals surface area contributed by atoms with Gasteiger partial charge in [0.25, 0.3) is 0 Å². The van der Waals surface area contributed by atoms with Gasteiger partial charge in [0.1, 0.15) is 0 Å². The van der Waals surface area contributed by atoms with Crippen molar-refractivity contribution in [3.05, 3.63) is 29.3 Å². The molecule has 1 fully saturated rings. The summed E-state index contributed by atoms with van der Waals surface area (Å²) < 4.78 is 1.25. The first kappa shape index (κ1) is 21.2. The maximum atomic E-state index is 12.3.